The van der Waals surface area contributed by atoms with Gasteiger partial charge in [0.15, 0.2) is 0 Å². The summed E-state index contributed by atoms with van der Waals surface area (Å²) in [4.78, 5) is 40.0. The number of hydrogen-bond donors (Lipinski definition) is 0. The highest BCUT2D eigenvalue weighted by Crippen LogP contribution is 2.36. The third-order valence-electron chi connectivity index (χ3n) is 6.67. The first-order chi connectivity index (χ1) is 15.3. The number of carbonyl (C=O) groups excluding carboxylic acids is 3. The van der Waals surface area contributed by atoms with E-state index in [1.54, 1.807) is 43.5 Å². The monoisotopic (exact) mass is 435 g/mol. The van der Waals surface area contributed by atoms with Crippen LogP contribution in [0.25, 0.3) is 0 Å². The van der Waals surface area contributed by atoms with Gasteiger partial charge in [-0.15, -0.1) is 0 Å². The van der Waals surface area contributed by atoms with Gasteiger partial charge in [-0.05, 0) is 73.1 Å². The van der Waals surface area contributed by atoms with Crippen LogP contribution in [0.4, 0.5) is 5.69 Å². The maximum atomic E-state index is 13.0. The van der Waals surface area contributed by atoms with Crippen molar-refractivity contribution in [3.05, 3.63) is 59.2 Å². The lowest BCUT2D eigenvalue weighted by atomic mass is 9.75. The first-order valence-electron chi connectivity index (χ1n) is 11.2. The molecule has 4 rings (SSSR count). The van der Waals surface area contributed by atoms with Gasteiger partial charge in [0.25, 0.3) is 11.8 Å². The summed E-state index contributed by atoms with van der Waals surface area (Å²) in [5, 5.41) is 0. The number of nitrogens with zero attached hydrogens (tertiary/aromatic N) is 1. The zero-order chi connectivity index (χ0) is 23.0. The minimum absolute atomic E-state index is 0.132. The van der Waals surface area contributed by atoms with Crippen molar-refractivity contribution in [3.63, 3.8) is 0 Å². The molecule has 0 aromatic heterocycles. The first-order valence-corrected chi connectivity index (χ1v) is 11.2. The molecule has 3 unspecified atom stereocenters. The molecule has 2 aromatic rings. The Balaban J connectivity index is 1.56. The van der Waals surface area contributed by atoms with Crippen LogP contribution in [0.15, 0.2) is 42.5 Å². The molecular formula is C26H29NO5. The van der Waals surface area contributed by atoms with Gasteiger partial charge in [0.2, 0.25) is 0 Å². The molecule has 1 aliphatic carbocycles. The minimum atomic E-state index is -0.448. The number of fused-ring (bicyclic) bond motifs is 1. The van der Waals surface area contributed by atoms with Crippen molar-refractivity contribution in [1.82, 2.24) is 0 Å². The Labute approximate surface area is 188 Å². The molecule has 2 aromatic carbocycles. The minimum Gasteiger partial charge on any atom is -0.497 e. The summed E-state index contributed by atoms with van der Waals surface area (Å²) in [6.07, 6.45) is 2.91. The molecule has 6 nitrogen and oxygen atoms in total. The van der Waals surface area contributed by atoms with Crippen LogP contribution >= 0.6 is 0 Å². The Kier molecular flexibility index (Phi) is 6.04. The number of hydrogen-bond acceptors (Lipinski definition) is 5. The highest BCUT2D eigenvalue weighted by Gasteiger charge is 2.38. The molecule has 2 amide bonds. The number of ether oxygens (including phenoxy) is 2. The van der Waals surface area contributed by atoms with Crippen LogP contribution in [-0.4, -0.2) is 31.0 Å². The Morgan fingerprint density at radius 3 is 2.34 bits per heavy atom. The second-order valence-electron chi connectivity index (χ2n) is 9.17. The molecule has 168 valence electrons. The number of esters is 1. The maximum Gasteiger partial charge on any atom is 0.338 e. The van der Waals surface area contributed by atoms with E-state index in [1.165, 1.54) is 6.07 Å². The smallest absolute Gasteiger partial charge is 0.338 e. The van der Waals surface area contributed by atoms with Crippen molar-refractivity contribution in [2.45, 2.75) is 46.1 Å². The third kappa shape index (κ3) is 4.01. The summed E-state index contributed by atoms with van der Waals surface area (Å²) >= 11 is 0. The van der Waals surface area contributed by atoms with Crippen molar-refractivity contribution in [1.29, 1.82) is 0 Å². The van der Waals surface area contributed by atoms with E-state index in [0.29, 0.717) is 34.8 Å². The Hall–Kier alpha value is -3.15. The third-order valence-corrected chi connectivity index (χ3v) is 6.67. The molecule has 32 heavy (non-hydrogen) atoms. The molecule has 1 aliphatic heterocycles. The van der Waals surface area contributed by atoms with E-state index in [2.05, 4.69) is 20.8 Å². The van der Waals surface area contributed by atoms with E-state index in [1.807, 2.05) is 0 Å². The molecule has 0 bridgehead atoms. The molecule has 0 spiro atoms. The zero-order valence-electron chi connectivity index (χ0n) is 19.0. The number of imide groups is 1. The first kappa shape index (κ1) is 22.1. The topological polar surface area (TPSA) is 72.9 Å². The van der Waals surface area contributed by atoms with E-state index < -0.39 is 17.8 Å². The van der Waals surface area contributed by atoms with E-state index in [-0.39, 0.29) is 17.2 Å². The number of methoxy groups -OCH3 is 1. The number of anilines is 1. The molecule has 2 aliphatic rings. The fraction of sp³-hybridized carbons (Fsp3) is 0.423. The van der Waals surface area contributed by atoms with E-state index in [4.69, 9.17) is 9.47 Å². The average molecular weight is 436 g/mol. The number of amides is 2. The lowest BCUT2D eigenvalue weighted by molar-refractivity contribution is -0.0174. The van der Waals surface area contributed by atoms with Crippen molar-refractivity contribution >= 4 is 23.5 Å². The van der Waals surface area contributed by atoms with Gasteiger partial charge in [-0.25, -0.2) is 9.69 Å². The molecule has 3 atom stereocenters. The summed E-state index contributed by atoms with van der Waals surface area (Å²) in [5.41, 5.74) is 1.26. The van der Waals surface area contributed by atoms with Gasteiger partial charge in [-0.1, -0.05) is 27.2 Å². The summed E-state index contributed by atoms with van der Waals surface area (Å²) < 4.78 is 11.1. The predicted octanol–water partition coefficient (Wildman–Crippen LogP) is 5.11. The number of rotatable bonds is 5. The van der Waals surface area contributed by atoms with Crippen molar-refractivity contribution < 1.29 is 23.9 Å². The molecule has 0 radical (unpaired) electrons. The second-order valence-corrected chi connectivity index (χ2v) is 9.17. The fourth-order valence-electron chi connectivity index (χ4n) is 4.79. The molecule has 6 heteroatoms. The predicted molar refractivity (Wildman–Crippen MR) is 121 cm³/mol. The molecule has 0 N–H and O–H groups in total. The van der Waals surface area contributed by atoms with Crippen LogP contribution in [0.2, 0.25) is 0 Å². The van der Waals surface area contributed by atoms with Crippen molar-refractivity contribution in [2.24, 2.45) is 17.8 Å². The van der Waals surface area contributed by atoms with E-state index in [9.17, 15) is 14.4 Å². The highest BCUT2D eigenvalue weighted by atomic mass is 16.5. The fourth-order valence-corrected chi connectivity index (χ4v) is 4.79. The molecule has 1 fully saturated rings. The Morgan fingerprint density at radius 2 is 1.69 bits per heavy atom. The van der Waals surface area contributed by atoms with E-state index >= 15 is 0 Å². The van der Waals surface area contributed by atoms with Crippen LogP contribution in [0.3, 0.4) is 0 Å². The van der Waals surface area contributed by atoms with Gasteiger partial charge >= 0.3 is 5.97 Å². The van der Waals surface area contributed by atoms with Gasteiger partial charge < -0.3 is 9.47 Å². The lowest BCUT2D eigenvalue weighted by Gasteiger charge is -2.36. The second kappa shape index (κ2) is 8.77. The normalized spacial score (nSPS) is 22.8. The summed E-state index contributed by atoms with van der Waals surface area (Å²) in [6.45, 7) is 6.51. The Morgan fingerprint density at radius 1 is 1.00 bits per heavy atom. The molecular weight excluding hydrogens is 406 g/mol. The SMILES string of the molecule is COc1ccc(N2C(=O)c3ccc(C(=O)OC4CC(C)CCC4C(C)C)cc3C2=O)cc1. The van der Waals surface area contributed by atoms with Crippen LogP contribution in [0, 0.1) is 17.8 Å². The van der Waals surface area contributed by atoms with Crippen LogP contribution in [0.5, 0.6) is 5.75 Å². The highest BCUT2D eigenvalue weighted by molar-refractivity contribution is 6.34. The van der Waals surface area contributed by atoms with E-state index in [0.717, 1.165) is 24.2 Å². The van der Waals surface area contributed by atoms with Gasteiger partial charge in [0, 0.05) is 0 Å². The summed E-state index contributed by atoms with van der Waals surface area (Å²) in [6, 6.07) is 11.3. The number of carbonyl (C=O) groups is 3. The van der Waals surface area contributed by atoms with Gasteiger partial charge in [-0.3, -0.25) is 9.59 Å². The number of benzene rings is 2. The van der Waals surface area contributed by atoms with Crippen molar-refractivity contribution in [3.8, 4) is 5.75 Å². The van der Waals surface area contributed by atoms with Crippen LogP contribution in [-0.2, 0) is 4.74 Å². The zero-order valence-corrected chi connectivity index (χ0v) is 19.0. The van der Waals surface area contributed by atoms with Gasteiger partial charge in [0.05, 0.1) is 29.5 Å². The molecule has 0 saturated heterocycles. The quantitative estimate of drug-likeness (QED) is 0.482. The lowest BCUT2D eigenvalue weighted by Crippen LogP contribution is -2.35. The average Bonchev–Trinajstić information content (AvgIpc) is 3.03. The van der Waals surface area contributed by atoms with Gasteiger partial charge in [0.1, 0.15) is 11.9 Å². The summed E-state index contributed by atoms with van der Waals surface area (Å²) in [5.74, 6) is 0.607. The Bertz CT molecular complexity index is 1040. The maximum absolute atomic E-state index is 13.0. The largest absolute Gasteiger partial charge is 0.497 e. The van der Waals surface area contributed by atoms with Crippen LogP contribution < -0.4 is 9.64 Å². The summed E-state index contributed by atoms with van der Waals surface area (Å²) in [7, 11) is 1.55. The molecule has 1 heterocycles. The standard InChI is InChI=1S/C26H29NO5/c1-15(2)20-11-5-16(3)13-23(20)32-26(30)17-6-12-21-22(14-17)25(29)27(24(21)28)18-7-9-19(31-4)10-8-18/h6-10,12,14-16,20,23H,5,11,13H2,1-4H3. The van der Waals surface area contributed by atoms with Crippen molar-refractivity contribution in [2.75, 3.05) is 12.0 Å². The van der Waals surface area contributed by atoms with Crippen LogP contribution in [0.1, 0.15) is 71.1 Å². The van der Waals surface area contributed by atoms with Gasteiger partial charge in [-0.2, -0.15) is 0 Å². The molecule has 1 saturated carbocycles.